The summed E-state index contributed by atoms with van der Waals surface area (Å²) >= 11 is 3.52. The molecule has 1 heterocycles. The zero-order valence-corrected chi connectivity index (χ0v) is 11.2. The molecule has 0 saturated carbocycles. The molecular formula is C14H9BrO3. The Morgan fingerprint density at radius 2 is 1.94 bits per heavy atom. The summed E-state index contributed by atoms with van der Waals surface area (Å²) in [4.78, 5) is 11.5. The molecule has 0 radical (unpaired) electrons. The van der Waals surface area contributed by atoms with Crippen LogP contribution in [0.3, 0.4) is 0 Å². The van der Waals surface area contributed by atoms with Crippen LogP contribution in [-0.4, -0.2) is 13.1 Å². The molecule has 0 fully saturated rings. The highest BCUT2D eigenvalue weighted by atomic mass is 79.9. The summed E-state index contributed by atoms with van der Waals surface area (Å²) in [5.74, 6) is -0.248. The molecule has 0 aliphatic carbocycles. The molecule has 0 N–H and O–H groups in total. The number of halogens is 1. The van der Waals surface area contributed by atoms with Crippen molar-refractivity contribution in [1.82, 2.24) is 0 Å². The van der Waals surface area contributed by atoms with Crippen molar-refractivity contribution in [2.24, 2.45) is 0 Å². The number of esters is 1. The Labute approximate surface area is 111 Å². The Kier molecular flexibility index (Phi) is 2.59. The van der Waals surface area contributed by atoms with Crippen LogP contribution in [-0.2, 0) is 4.74 Å². The Morgan fingerprint density at radius 1 is 1.22 bits per heavy atom. The highest BCUT2D eigenvalue weighted by Gasteiger charge is 2.15. The van der Waals surface area contributed by atoms with E-state index >= 15 is 0 Å². The van der Waals surface area contributed by atoms with Crippen molar-refractivity contribution < 1.29 is 13.9 Å². The van der Waals surface area contributed by atoms with Crippen LogP contribution in [0.1, 0.15) is 10.6 Å². The fourth-order valence-corrected chi connectivity index (χ4v) is 2.62. The molecule has 3 nitrogen and oxygen atoms in total. The molecule has 1 aromatic heterocycles. The number of rotatable bonds is 1. The number of benzene rings is 2. The minimum absolute atomic E-state index is 0.218. The molecule has 0 spiro atoms. The SMILES string of the molecule is COC(=O)c1cc2cc(Br)c3ccccc3c2o1. The van der Waals surface area contributed by atoms with Gasteiger partial charge in [0.1, 0.15) is 5.58 Å². The van der Waals surface area contributed by atoms with Gasteiger partial charge in [0.2, 0.25) is 5.76 Å². The molecule has 0 unspecified atom stereocenters. The lowest BCUT2D eigenvalue weighted by molar-refractivity contribution is 0.0568. The Morgan fingerprint density at radius 3 is 2.67 bits per heavy atom. The molecule has 0 amide bonds. The fraction of sp³-hybridized carbons (Fsp3) is 0.0714. The number of carbonyl (C=O) groups excluding carboxylic acids is 1. The first kappa shape index (κ1) is 11.3. The molecule has 4 heteroatoms. The van der Waals surface area contributed by atoms with Gasteiger partial charge in [-0.2, -0.15) is 0 Å². The van der Waals surface area contributed by atoms with Gasteiger partial charge in [-0.1, -0.05) is 40.2 Å². The van der Waals surface area contributed by atoms with Gasteiger partial charge in [-0.05, 0) is 17.5 Å². The zero-order chi connectivity index (χ0) is 12.7. The molecule has 0 aliphatic heterocycles. The third-order valence-electron chi connectivity index (χ3n) is 2.86. The van der Waals surface area contributed by atoms with Crippen LogP contribution >= 0.6 is 15.9 Å². The first-order chi connectivity index (χ1) is 8.70. The quantitative estimate of drug-likeness (QED) is 0.634. The van der Waals surface area contributed by atoms with Gasteiger partial charge < -0.3 is 9.15 Å². The average molecular weight is 305 g/mol. The molecule has 0 bridgehead atoms. The van der Waals surface area contributed by atoms with Gasteiger partial charge in [0.25, 0.3) is 0 Å². The van der Waals surface area contributed by atoms with E-state index in [4.69, 9.17) is 4.42 Å². The summed E-state index contributed by atoms with van der Waals surface area (Å²) < 4.78 is 11.2. The normalized spacial score (nSPS) is 11.0. The summed E-state index contributed by atoms with van der Waals surface area (Å²) in [5, 5.41) is 2.90. The number of hydrogen-bond acceptors (Lipinski definition) is 3. The van der Waals surface area contributed by atoms with Crippen LogP contribution in [0.4, 0.5) is 0 Å². The predicted molar refractivity (Wildman–Crippen MR) is 72.8 cm³/mol. The van der Waals surface area contributed by atoms with Crippen molar-refractivity contribution in [3.63, 3.8) is 0 Å². The van der Waals surface area contributed by atoms with Crippen LogP contribution in [0.15, 0.2) is 45.3 Å². The lowest BCUT2D eigenvalue weighted by Gasteiger charge is -2.00. The second-order valence-electron chi connectivity index (χ2n) is 3.92. The Bertz CT molecular complexity index is 758. The molecule has 0 aliphatic rings. The molecule has 0 atom stereocenters. The van der Waals surface area contributed by atoms with Crippen molar-refractivity contribution in [3.05, 3.63) is 46.6 Å². The monoisotopic (exact) mass is 304 g/mol. The third kappa shape index (κ3) is 1.61. The van der Waals surface area contributed by atoms with Crippen LogP contribution in [0.25, 0.3) is 21.7 Å². The Hall–Kier alpha value is -1.81. The van der Waals surface area contributed by atoms with Gasteiger partial charge in [-0.15, -0.1) is 0 Å². The minimum atomic E-state index is -0.466. The number of furan rings is 1. The van der Waals surface area contributed by atoms with Crippen LogP contribution in [0.2, 0.25) is 0 Å². The van der Waals surface area contributed by atoms with E-state index in [2.05, 4.69) is 20.7 Å². The fourth-order valence-electron chi connectivity index (χ4n) is 2.03. The van der Waals surface area contributed by atoms with Gasteiger partial charge in [-0.3, -0.25) is 0 Å². The predicted octanol–water partition coefficient (Wildman–Crippen LogP) is 4.14. The molecular weight excluding hydrogens is 296 g/mol. The lowest BCUT2D eigenvalue weighted by atomic mass is 10.1. The van der Waals surface area contributed by atoms with Crippen LogP contribution in [0.5, 0.6) is 0 Å². The smallest absolute Gasteiger partial charge is 0.373 e. The lowest BCUT2D eigenvalue weighted by Crippen LogP contribution is -1.97. The topological polar surface area (TPSA) is 39.4 Å². The first-order valence-electron chi connectivity index (χ1n) is 5.40. The number of fused-ring (bicyclic) bond motifs is 3. The van der Waals surface area contributed by atoms with Gasteiger partial charge in [0.15, 0.2) is 0 Å². The van der Waals surface area contributed by atoms with E-state index in [1.54, 1.807) is 6.07 Å². The highest BCUT2D eigenvalue weighted by molar-refractivity contribution is 9.10. The molecule has 2 aromatic carbocycles. The Balaban J connectivity index is 2.40. The van der Waals surface area contributed by atoms with E-state index < -0.39 is 5.97 Å². The van der Waals surface area contributed by atoms with Crippen LogP contribution in [0, 0.1) is 0 Å². The van der Waals surface area contributed by atoms with E-state index in [0.717, 1.165) is 20.6 Å². The van der Waals surface area contributed by atoms with Crippen molar-refractivity contribution >= 4 is 43.6 Å². The molecule has 90 valence electrons. The number of hydrogen-bond donors (Lipinski definition) is 0. The summed E-state index contributed by atoms with van der Waals surface area (Å²) in [6.07, 6.45) is 0. The molecule has 0 saturated heterocycles. The van der Waals surface area contributed by atoms with Crippen molar-refractivity contribution in [2.75, 3.05) is 7.11 Å². The van der Waals surface area contributed by atoms with Gasteiger partial charge >= 0.3 is 5.97 Å². The maximum Gasteiger partial charge on any atom is 0.373 e. The van der Waals surface area contributed by atoms with Crippen LogP contribution < -0.4 is 0 Å². The number of ether oxygens (including phenoxy) is 1. The summed E-state index contributed by atoms with van der Waals surface area (Å²) in [6, 6.07) is 11.5. The summed E-state index contributed by atoms with van der Waals surface area (Å²) in [5.41, 5.74) is 0.703. The summed E-state index contributed by atoms with van der Waals surface area (Å²) in [6.45, 7) is 0. The second-order valence-corrected chi connectivity index (χ2v) is 4.78. The number of carbonyl (C=O) groups is 1. The van der Waals surface area contributed by atoms with E-state index in [1.807, 2.05) is 30.3 Å². The summed E-state index contributed by atoms with van der Waals surface area (Å²) in [7, 11) is 1.34. The maximum atomic E-state index is 11.5. The van der Waals surface area contributed by atoms with E-state index in [9.17, 15) is 4.79 Å². The van der Waals surface area contributed by atoms with Gasteiger partial charge in [0.05, 0.1) is 7.11 Å². The van der Waals surface area contributed by atoms with Crippen molar-refractivity contribution in [3.8, 4) is 0 Å². The van der Waals surface area contributed by atoms with Crippen molar-refractivity contribution in [2.45, 2.75) is 0 Å². The molecule has 18 heavy (non-hydrogen) atoms. The molecule has 3 rings (SSSR count). The average Bonchev–Trinajstić information content (AvgIpc) is 2.82. The largest absolute Gasteiger partial charge is 0.463 e. The third-order valence-corrected chi connectivity index (χ3v) is 3.51. The van der Waals surface area contributed by atoms with E-state index in [0.29, 0.717) is 5.58 Å². The van der Waals surface area contributed by atoms with Gasteiger partial charge in [0, 0.05) is 15.2 Å². The highest BCUT2D eigenvalue weighted by Crippen LogP contribution is 2.33. The van der Waals surface area contributed by atoms with Crippen molar-refractivity contribution in [1.29, 1.82) is 0 Å². The zero-order valence-electron chi connectivity index (χ0n) is 9.57. The minimum Gasteiger partial charge on any atom is -0.463 e. The first-order valence-corrected chi connectivity index (χ1v) is 6.19. The maximum absolute atomic E-state index is 11.5. The molecule has 3 aromatic rings. The standard InChI is InChI=1S/C14H9BrO3/c1-17-14(16)12-7-8-6-11(15)9-4-2-3-5-10(9)13(8)18-12/h2-7H,1H3. The number of methoxy groups -OCH3 is 1. The second kappa shape index (κ2) is 4.14. The van der Waals surface area contributed by atoms with E-state index in [1.165, 1.54) is 7.11 Å². The van der Waals surface area contributed by atoms with E-state index in [-0.39, 0.29) is 5.76 Å². The van der Waals surface area contributed by atoms with Gasteiger partial charge in [-0.25, -0.2) is 4.79 Å².